The van der Waals surface area contributed by atoms with E-state index in [2.05, 4.69) is 15.9 Å². The number of hydrogen-bond acceptors (Lipinski definition) is 3. The summed E-state index contributed by atoms with van der Waals surface area (Å²) in [5.41, 5.74) is 0.541. The zero-order valence-corrected chi connectivity index (χ0v) is 10.1. The second-order valence-electron chi connectivity index (χ2n) is 3.80. The number of Topliss-reactive ketones (excluding diaryl/α,β-unsaturated/α-hetero) is 1. The molecule has 84 valence electrons. The first-order valence-electron chi connectivity index (χ1n) is 5.07. The molecule has 0 bridgehead atoms. The Hall–Kier alpha value is -1.16. The summed E-state index contributed by atoms with van der Waals surface area (Å²) in [5.74, 6) is -0.0272. The van der Waals surface area contributed by atoms with Crippen LogP contribution in [0.1, 0.15) is 16.8 Å². The van der Waals surface area contributed by atoms with Gasteiger partial charge in [0.1, 0.15) is 5.78 Å². The lowest BCUT2D eigenvalue weighted by Crippen LogP contribution is -2.41. The van der Waals surface area contributed by atoms with E-state index in [1.165, 1.54) is 0 Å². The van der Waals surface area contributed by atoms with Crippen LogP contribution in [0.5, 0.6) is 0 Å². The van der Waals surface area contributed by atoms with Crippen LogP contribution in [-0.4, -0.2) is 23.2 Å². The van der Waals surface area contributed by atoms with Crippen LogP contribution in [0.2, 0.25) is 0 Å². The van der Waals surface area contributed by atoms with Gasteiger partial charge in [-0.3, -0.25) is 4.79 Å². The molecule has 0 radical (unpaired) electrons. The van der Waals surface area contributed by atoms with Crippen molar-refractivity contribution in [3.8, 4) is 0 Å². The molecule has 1 aliphatic carbocycles. The van der Waals surface area contributed by atoms with E-state index >= 15 is 0 Å². The lowest BCUT2D eigenvalue weighted by Gasteiger charge is -2.29. The molecule has 3 nitrogen and oxygen atoms in total. The van der Waals surface area contributed by atoms with Crippen LogP contribution in [0.3, 0.4) is 0 Å². The van der Waals surface area contributed by atoms with Gasteiger partial charge in [0, 0.05) is 12.3 Å². The van der Waals surface area contributed by atoms with Gasteiger partial charge in [0.15, 0.2) is 0 Å². The molecule has 2 atom stereocenters. The topological polar surface area (TPSA) is 43.4 Å². The summed E-state index contributed by atoms with van der Waals surface area (Å²) in [6, 6.07) is 8.84. The van der Waals surface area contributed by atoms with Gasteiger partial charge in [-0.2, -0.15) is 0 Å². The van der Waals surface area contributed by atoms with Gasteiger partial charge in [-0.15, -0.1) is 0 Å². The van der Waals surface area contributed by atoms with Gasteiger partial charge in [0.2, 0.25) is 0 Å². The Balaban J connectivity index is 1.83. The number of halogens is 1. The molecule has 0 amide bonds. The molecule has 0 aromatic heterocycles. The highest BCUT2D eigenvalue weighted by Gasteiger charge is 2.38. The average molecular weight is 283 g/mol. The normalized spacial score (nSPS) is 23.7. The Labute approximate surface area is 102 Å². The summed E-state index contributed by atoms with van der Waals surface area (Å²) in [4.78, 5) is 22.4. The van der Waals surface area contributed by atoms with E-state index in [0.29, 0.717) is 18.6 Å². The zero-order valence-electron chi connectivity index (χ0n) is 8.56. The Bertz CT molecular complexity index is 402. The largest absolute Gasteiger partial charge is 0.462 e. The molecule has 1 fully saturated rings. The molecule has 16 heavy (non-hydrogen) atoms. The highest BCUT2D eigenvalue weighted by Crippen LogP contribution is 2.30. The SMILES string of the molecule is O=C(OC[C@H]1CC(=O)[C@@H]1Br)c1ccccc1. The van der Waals surface area contributed by atoms with E-state index in [9.17, 15) is 9.59 Å². The van der Waals surface area contributed by atoms with Crippen molar-refractivity contribution in [1.29, 1.82) is 0 Å². The van der Waals surface area contributed by atoms with Crippen molar-refractivity contribution in [2.45, 2.75) is 11.2 Å². The van der Waals surface area contributed by atoms with Gasteiger partial charge in [0.25, 0.3) is 0 Å². The van der Waals surface area contributed by atoms with Crippen molar-refractivity contribution in [1.82, 2.24) is 0 Å². The van der Waals surface area contributed by atoms with E-state index in [-0.39, 0.29) is 22.5 Å². The fourth-order valence-electron chi connectivity index (χ4n) is 1.56. The zero-order chi connectivity index (χ0) is 11.5. The van der Waals surface area contributed by atoms with Crippen molar-refractivity contribution in [3.63, 3.8) is 0 Å². The molecule has 1 saturated carbocycles. The van der Waals surface area contributed by atoms with Crippen LogP contribution in [0.4, 0.5) is 0 Å². The highest BCUT2D eigenvalue weighted by molar-refractivity contribution is 9.10. The number of benzene rings is 1. The van der Waals surface area contributed by atoms with Crippen LogP contribution in [-0.2, 0) is 9.53 Å². The van der Waals surface area contributed by atoms with Crippen molar-refractivity contribution in [3.05, 3.63) is 35.9 Å². The Morgan fingerprint density at radius 2 is 2.06 bits per heavy atom. The molecule has 4 heteroatoms. The second kappa shape index (κ2) is 4.78. The minimum Gasteiger partial charge on any atom is -0.462 e. The summed E-state index contributed by atoms with van der Waals surface area (Å²) in [6.45, 7) is 0.301. The Morgan fingerprint density at radius 1 is 1.38 bits per heavy atom. The van der Waals surface area contributed by atoms with Crippen LogP contribution in [0.25, 0.3) is 0 Å². The fraction of sp³-hybridized carbons (Fsp3) is 0.333. The second-order valence-corrected chi connectivity index (χ2v) is 4.78. The third-order valence-corrected chi connectivity index (χ3v) is 3.88. The lowest BCUT2D eigenvalue weighted by atomic mass is 9.84. The first-order valence-corrected chi connectivity index (χ1v) is 5.99. The number of alkyl halides is 1. The van der Waals surface area contributed by atoms with E-state index in [4.69, 9.17) is 4.74 Å². The van der Waals surface area contributed by atoms with Gasteiger partial charge >= 0.3 is 5.97 Å². The average Bonchev–Trinajstić information content (AvgIpc) is 2.34. The monoisotopic (exact) mass is 282 g/mol. The number of rotatable bonds is 3. The number of esters is 1. The third kappa shape index (κ3) is 2.32. The van der Waals surface area contributed by atoms with Crippen molar-refractivity contribution in [2.75, 3.05) is 6.61 Å². The molecular formula is C12H11BrO3. The maximum Gasteiger partial charge on any atom is 0.338 e. The van der Waals surface area contributed by atoms with Crippen LogP contribution in [0.15, 0.2) is 30.3 Å². The predicted octanol–water partition coefficient (Wildman–Crippen LogP) is 2.20. The summed E-state index contributed by atoms with van der Waals surface area (Å²) in [7, 11) is 0. The van der Waals surface area contributed by atoms with E-state index < -0.39 is 0 Å². The maximum atomic E-state index is 11.6. The van der Waals surface area contributed by atoms with Crippen molar-refractivity contribution >= 4 is 27.7 Å². The smallest absolute Gasteiger partial charge is 0.338 e. The van der Waals surface area contributed by atoms with Gasteiger partial charge in [-0.25, -0.2) is 4.79 Å². The highest BCUT2D eigenvalue weighted by atomic mass is 79.9. The van der Waals surface area contributed by atoms with Gasteiger partial charge in [-0.05, 0) is 12.1 Å². The van der Waals surface area contributed by atoms with Gasteiger partial charge in [-0.1, -0.05) is 34.1 Å². The quantitative estimate of drug-likeness (QED) is 0.631. The minimum absolute atomic E-state index is 0.125. The molecule has 0 N–H and O–H groups in total. The summed E-state index contributed by atoms with van der Waals surface area (Å²) >= 11 is 3.26. The van der Waals surface area contributed by atoms with Crippen molar-refractivity contribution < 1.29 is 14.3 Å². The molecule has 1 aliphatic rings. The fourth-order valence-corrected chi connectivity index (χ4v) is 2.09. The molecule has 2 rings (SSSR count). The van der Waals surface area contributed by atoms with Gasteiger partial charge < -0.3 is 4.74 Å². The summed E-state index contributed by atoms with van der Waals surface area (Å²) in [5, 5.41) is 0. The molecule has 1 aromatic rings. The van der Waals surface area contributed by atoms with E-state index in [1.807, 2.05) is 6.07 Å². The van der Waals surface area contributed by atoms with Crippen molar-refractivity contribution in [2.24, 2.45) is 5.92 Å². The molecule has 0 spiro atoms. The number of carbonyl (C=O) groups is 2. The van der Waals surface area contributed by atoms with E-state index in [0.717, 1.165) is 0 Å². The number of ether oxygens (including phenoxy) is 1. The van der Waals surface area contributed by atoms with Crippen LogP contribution < -0.4 is 0 Å². The molecule has 0 saturated heterocycles. The Kier molecular flexibility index (Phi) is 3.39. The maximum absolute atomic E-state index is 11.6. The standard InChI is InChI=1S/C12H11BrO3/c13-11-9(6-10(11)14)7-16-12(15)8-4-2-1-3-5-8/h1-5,9,11H,6-7H2/t9-,11-/m1/s1. The number of carbonyl (C=O) groups excluding carboxylic acids is 2. The van der Waals surface area contributed by atoms with Crippen LogP contribution >= 0.6 is 15.9 Å². The third-order valence-electron chi connectivity index (χ3n) is 2.62. The molecule has 0 unspecified atom stereocenters. The number of hydrogen-bond donors (Lipinski definition) is 0. The molecule has 0 heterocycles. The minimum atomic E-state index is -0.334. The number of ketones is 1. The molecular weight excluding hydrogens is 272 g/mol. The molecule has 1 aromatic carbocycles. The molecule has 0 aliphatic heterocycles. The Morgan fingerprint density at radius 3 is 2.62 bits per heavy atom. The van der Waals surface area contributed by atoms with Gasteiger partial charge in [0.05, 0.1) is 17.0 Å². The summed E-state index contributed by atoms with van der Waals surface area (Å²) in [6.07, 6.45) is 0.498. The predicted molar refractivity (Wildman–Crippen MR) is 62.6 cm³/mol. The first-order chi connectivity index (χ1) is 7.68. The lowest BCUT2D eigenvalue weighted by molar-refractivity contribution is -0.126. The van der Waals surface area contributed by atoms with Crippen LogP contribution in [0, 0.1) is 5.92 Å². The first kappa shape index (κ1) is 11.3. The summed E-state index contributed by atoms with van der Waals surface area (Å²) < 4.78 is 5.13. The van der Waals surface area contributed by atoms with E-state index in [1.54, 1.807) is 24.3 Å².